The maximum atomic E-state index is 4.02. The molecular weight excluding hydrogens is 201 g/mol. The van der Waals surface area contributed by atoms with Crippen LogP contribution in [0.5, 0.6) is 0 Å². The van der Waals surface area contributed by atoms with Crippen LogP contribution in [0.3, 0.4) is 0 Å². The number of nitrogens with zero attached hydrogens (tertiary/aromatic N) is 1. The van der Waals surface area contributed by atoms with E-state index in [2.05, 4.69) is 20.2 Å². The van der Waals surface area contributed by atoms with E-state index in [4.69, 9.17) is 0 Å². The van der Waals surface area contributed by atoms with Gasteiger partial charge in [0.25, 0.3) is 0 Å². The zero-order valence-corrected chi connectivity index (χ0v) is 6.42. The second-order valence-corrected chi connectivity index (χ2v) is 6.52. The summed E-state index contributed by atoms with van der Waals surface area (Å²) in [5.74, 6) is 0. The molecule has 0 amide bonds. The van der Waals surface area contributed by atoms with E-state index in [0.717, 1.165) is 0 Å². The first-order valence-corrected chi connectivity index (χ1v) is 7.05. The molecule has 0 atom stereocenters. The molecule has 1 nitrogen and oxygen atoms in total. The number of alkyl halides is 2. The van der Waals surface area contributed by atoms with Crippen LogP contribution in [0.1, 0.15) is 0 Å². The third-order valence-electron chi connectivity index (χ3n) is 0.747. The topological polar surface area (TPSA) is 12.4 Å². The number of aliphatic imine (C=N–C) groups is 1. The van der Waals surface area contributed by atoms with Gasteiger partial charge in [-0.3, -0.25) is 0 Å². The molecule has 0 N–H and O–H groups in total. The van der Waals surface area contributed by atoms with E-state index >= 15 is 0 Å². The fraction of sp³-hybridized carbons (Fsp3) is 0.400. The van der Waals surface area contributed by atoms with Crippen molar-refractivity contribution in [2.45, 2.75) is 0 Å². The summed E-state index contributed by atoms with van der Waals surface area (Å²) < 4.78 is 3.44. The van der Waals surface area contributed by atoms with Gasteiger partial charge in [-0.2, -0.15) is 0 Å². The van der Waals surface area contributed by atoms with Gasteiger partial charge in [0, 0.05) is 0 Å². The van der Waals surface area contributed by atoms with Crippen LogP contribution in [0.2, 0.25) is 0 Å². The van der Waals surface area contributed by atoms with Crippen molar-refractivity contribution in [2.24, 2.45) is 4.99 Å². The Kier molecular flexibility index (Phi) is 1.85. The molecule has 1 aliphatic rings. The minimum atomic E-state index is -0.618. The van der Waals surface area contributed by atoms with Crippen LogP contribution in [0.25, 0.3) is 0 Å². The number of halogens is 1. The number of allylic oxidation sites excluding steroid dienone is 1. The minimum absolute atomic E-state index is 0.618. The fourth-order valence-corrected chi connectivity index (χ4v) is 2.40. The van der Waals surface area contributed by atoms with Gasteiger partial charge in [-0.15, -0.1) is 0 Å². The zero-order valence-electron chi connectivity index (χ0n) is 4.26. The van der Waals surface area contributed by atoms with Gasteiger partial charge in [0.2, 0.25) is 0 Å². The molecule has 2 heteroatoms. The molecule has 0 bridgehead atoms. The number of hydrogen-bond acceptors (Lipinski definition) is 1. The van der Waals surface area contributed by atoms with Crippen molar-refractivity contribution in [1.29, 1.82) is 0 Å². The van der Waals surface area contributed by atoms with Gasteiger partial charge in [-0.1, -0.05) is 0 Å². The number of rotatable bonds is 0. The summed E-state index contributed by atoms with van der Waals surface area (Å²) in [4.78, 5) is 6.34. The molecule has 0 saturated carbocycles. The molecule has 0 radical (unpaired) electrons. The van der Waals surface area contributed by atoms with Crippen LogP contribution in [-0.2, 0) is 0 Å². The van der Waals surface area contributed by atoms with E-state index in [1.807, 2.05) is 6.20 Å². The molecule has 0 aliphatic carbocycles. The molecule has 0 aromatic rings. The third kappa shape index (κ3) is 1.59. The predicted octanol–water partition coefficient (Wildman–Crippen LogP) is 1.68. The average molecular weight is 209 g/mol. The molecule has 1 heterocycles. The molecule has 1 aliphatic heterocycles. The van der Waals surface area contributed by atoms with Gasteiger partial charge >= 0.3 is 50.7 Å². The van der Waals surface area contributed by atoms with Gasteiger partial charge in [-0.25, -0.2) is 0 Å². The molecule has 0 fully saturated rings. The molecule has 0 spiro atoms. The SMILES string of the molecule is CI1C=NC=CC1. The first kappa shape index (κ1) is 5.28. The van der Waals surface area contributed by atoms with Crippen molar-refractivity contribution in [2.75, 3.05) is 9.36 Å². The van der Waals surface area contributed by atoms with Crippen molar-refractivity contribution < 1.29 is 0 Å². The molecule has 0 saturated heterocycles. The molecule has 7 heavy (non-hydrogen) atoms. The van der Waals surface area contributed by atoms with Crippen molar-refractivity contribution in [3.8, 4) is 0 Å². The first-order chi connectivity index (χ1) is 3.39. The third-order valence-corrected chi connectivity index (χ3v) is 3.92. The standard InChI is InChI=1S/C5H8IN/c1-6-3-2-4-7-5-6/h2,4-5H,3H2,1H3. The zero-order chi connectivity index (χ0) is 5.11. The quantitative estimate of drug-likeness (QED) is 0.425. The van der Waals surface area contributed by atoms with Crippen LogP contribution in [0.4, 0.5) is 0 Å². The summed E-state index contributed by atoms with van der Waals surface area (Å²) >= 11 is -0.618. The van der Waals surface area contributed by atoms with E-state index in [-0.39, 0.29) is 0 Å². The van der Waals surface area contributed by atoms with Crippen LogP contribution in [-0.4, -0.2) is 13.6 Å². The summed E-state index contributed by atoms with van der Waals surface area (Å²) in [6.45, 7) is 0. The summed E-state index contributed by atoms with van der Waals surface area (Å²) in [6, 6.07) is 0. The normalized spacial score (nSPS) is 23.3. The van der Waals surface area contributed by atoms with Gasteiger partial charge in [0.05, 0.1) is 0 Å². The Morgan fingerprint density at radius 1 is 1.71 bits per heavy atom. The van der Waals surface area contributed by atoms with Crippen LogP contribution >= 0.6 is 19.8 Å². The Morgan fingerprint density at radius 2 is 2.57 bits per heavy atom. The monoisotopic (exact) mass is 209 g/mol. The Balaban J connectivity index is 2.49. The summed E-state index contributed by atoms with van der Waals surface area (Å²) in [7, 11) is 0. The Morgan fingerprint density at radius 3 is 2.86 bits per heavy atom. The van der Waals surface area contributed by atoms with Crippen molar-refractivity contribution >= 4 is 24.0 Å². The second kappa shape index (κ2) is 2.45. The van der Waals surface area contributed by atoms with E-state index < -0.39 is 19.8 Å². The van der Waals surface area contributed by atoms with Gasteiger partial charge in [0.1, 0.15) is 0 Å². The van der Waals surface area contributed by atoms with E-state index in [1.165, 1.54) is 4.43 Å². The van der Waals surface area contributed by atoms with Crippen LogP contribution in [0, 0.1) is 0 Å². The van der Waals surface area contributed by atoms with E-state index in [9.17, 15) is 0 Å². The second-order valence-electron chi connectivity index (χ2n) is 1.43. The summed E-state index contributed by atoms with van der Waals surface area (Å²) in [5.41, 5.74) is 0. The molecule has 0 unspecified atom stereocenters. The molecule has 0 aromatic carbocycles. The van der Waals surface area contributed by atoms with Gasteiger partial charge in [0.15, 0.2) is 0 Å². The maximum absolute atomic E-state index is 4.02. The van der Waals surface area contributed by atoms with Crippen LogP contribution in [0.15, 0.2) is 17.3 Å². The molecular formula is C5H8IN. The molecule has 40 valence electrons. The van der Waals surface area contributed by atoms with Crippen LogP contribution < -0.4 is 0 Å². The summed E-state index contributed by atoms with van der Waals surface area (Å²) in [6.07, 6.45) is 4.04. The van der Waals surface area contributed by atoms with Crippen molar-refractivity contribution in [1.82, 2.24) is 0 Å². The molecule has 0 aromatic heterocycles. The van der Waals surface area contributed by atoms with E-state index in [0.29, 0.717) is 0 Å². The Labute approximate surface area is 50.9 Å². The molecule has 1 rings (SSSR count). The number of hydrogen-bond donors (Lipinski definition) is 0. The Bertz CT molecular complexity index is 107. The van der Waals surface area contributed by atoms with Gasteiger partial charge in [-0.05, 0) is 0 Å². The Hall–Kier alpha value is 0.140. The van der Waals surface area contributed by atoms with Crippen molar-refractivity contribution in [3.05, 3.63) is 12.3 Å². The first-order valence-electron chi connectivity index (χ1n) is 2.12. The summed E-state index contributed by atoms with van der Waals surface area (Å²) in [5, 5.41) is 0. The van der Waals surface area contributed by atoms with E-state index in [1.54, 1.807) is 0 Å². The van der Waals surface area contributed by atoms with Crippen molar-refractivity contribution in [3.63, 3.8) is 0 Å². The fourth-order valence-electron chi connectivity index (χ4n) is 0.410. The predicted molar refractivity (Wildman–Crippen MR) is 42.4 cm³/mol. The average Bonchev–Trinajstić information content (AvgIpc) is 1.69. The van der Waals surface area contributed by atoms with Gasteiger partial charge < -0.3 is 0 Å².